The molecule has 0 spiro atoms. The molecule has 0 aromatic heterocycles. The molecule has 202 valence electrons. The summed E-state index contributed by atoms with van der Waals surface area (Å²) in [6.07, 6.45) is 7.60. The standard InChI is InChI=1S/C29H41N3O4S/c1-4-27(29(34)30-25-16-9-6-10-17-25)31(22-24-14-7-5-8-15-24)28(33)19-12-20-32(37(3,35)36)26-18-11-13-23(2)21-26/h5,7-8,11,13-15,18,21,25,27H,4,6,9-10,12,16-17,19-20,22H2,1-3H3,(H,30,34)/t27-/m0/s1. The van der Waals surface area contributed by atoms with E-state index in [1.54, 1.807) is 11.0 Å². The molecule has 0 heterocycles. The minimum Gasteiger partial charge on any atom is -0.352 e. The van der Waals surface area contributed by atoms with Gasteiger partial charge in [-0.15, -0.1) is 0 Å². The Morgan fingerprint density at radius 1 is 1.03 bits per heavy atom. The summed E-state index contributed by atoms with van der Waals surface area (Å²) in [7, 11) is -3.51. The van der Waals surface area contributed by atoms with E-state index in [0.717, 1.165) is 36.8 Å². The van der Waals surface area contributed by atoms with Crippen LogP contribution in [-0.2, 0) is 26.2 Å². The second-order valence-corrected chi connectivity index (χ2v) is 12.0. The van der Waals surface area contributed by atoms with E-state index in [0.29, 0.717) is 25.1 Å². The van der Waals surface area contributed by atoms with E-state index in [2.05, 4.69) is 5.32 Å². The van der Waals surface area contributed by atoms with Gasteiger partial charge in [0.25, 0.3) is 0 Å². The fourth-order valence-corrected chi connectivity index (χ4v) is 5.99. The average molecular weight is 528 g/mol. The fourth-order valence-electron chi connectivity index (χ4n) is 5.03. The summed E-state index contributed by atoms with van der Waals surface area (Å²) in [5.74, 6) is -0.247. The van der Waals surface area contributed by atoms with Crippen LogP contribution in [0.15, 0.2) is 54.6 Å². The highest BCUT2D eigenvalue weighted by atomic mass is 32.2. The van der Waals surface area contributed by atoms with Gasteiger partial charge in [-0.2, -0.15) is 0 Å². The van der Waals surface area contributed by atoms with Crippen molar-refractivity contribution in [2.45, 2.75) is 83.8 Å². The zero-order chi connectivity index (χ0) is 26.8. The molecular formula is C29H41N3O4S. The van der Waals surface area contributed by atoms with Gasteiger partial charge >= 0.3 is 0 Å². The van der Waals surface area contributed by atoms with Crippen LogP contribution in [0.3, 0.4) is 0 Å². The van der Waals surface area contributed by atoms with Crippen LogP contribution in [0.25, 0.3) is 0 Å². The average Bonchev–Trinajstić information content (AvgIpc) is 2.87. The Bertz CT molecular complexity index is 1130. The van der Waals surface area contributed by atoms with Crippen LogP contribution in [0.1, 0.15) is 69.4 Å². The van der Waals surface area contributed by atoms with Gasteiger partial charge in [-0.1, -0.05) is 68.7 Å². The van der Waals surface area contributed by atoms with Crippen LogP contribution in [0.4, 0.5) is 5.69 Å². The van der Waals surface area contributed by atoms with E-state index >= 15 is 0 Å². The Hall–Kier alpha value is -2.87. The van der Waals surface area contributed by atoms with Gasteiger partial charge in [-0.05, 0) is 55.9 Å². The van der Waals surface area contributed by atoms with Crippen molar-refractivity contribution < 1.29 is 18.0 Å². The quantitative estimate of drug-likeness (QED) is 0.430. The number of hydrogen-bond acceptors (Lipinski definition) is 4. The number of sulfonamides is 1. The van der Waals surface area contributed by atoms with Crippen LogP contribution in [-0.4, -0.2) is 50.0 Å². The Morgan fingerprint density at radius 3 is 2.35 bits per heavy atom. The molecule has 0 unspecified atom stereocenters. The van der Waals surface area contributed by atoms with Crippen molar-refractivity contribution in [3.8, 4) is 0 Å². The lowest BCUT2D eigenvalue weighted by molar-refractivity contribution is -0.141. The molecule has 7 nitrogen and oxygen atoms in total. The lowest BCUT2D eigenvalue weighted by atomic mass is 9.95. The zero-order valence-corrected chi connectivity index (χ0v) is 23.2. The molecular weight excluding hydrogens is 486 g/mol. The maximum Gasteiger partial charge on any atom is 0.243 e. The van der Waals surface area contributed by atoms with Gasteiger partial charge in [0.2, 0.25) is 21.8 Å². The smallest absolute Gasteiger partial charge is 0.243 e. The normalized spacial score (nSPS) is 15.1. The fraction of sp³-hybridized carbons (Fsp3) is 0.517. The van der Waals surface area contributed by atoms with E-state index in [4.69, 9.17) is 0 Å². The number of rotatable bonds is 12. The molecule has 1 aliphatic carbocycles. The first-order valence-corrected chi connectivity index (χ1v) is 15.2. The summed E-state index contributed by atoms with van der Waals surface area (Å²) < 4.78 is 26.4. The molecule has 0 saturated heterocycles. The highest BCUT2D eigenvalue weighted by molar-refractivity contribution is 7.92. The first-order valence-electron chi connectivity index (χ1n) is 13.4. The number of nitrogens with zero attached hydrogens (tertiary/aromatic N) is 2. The number of hydrogen-bond donors (Lipinski definition) is 1. The molecule has 0 aliphatic heterocycles. The molecule has 2 amide bonds. The minimum atomic E-state index is -3.51. The van der Waals surface area contributed by atoms with Crippen molar-refractivity contribution in [2.24, 2.45) is 0 Å². The van der Waals surface area contributed by atoms with E-state index in [-0.39, 0.29) is 30.8 Å². The maximum atomic E-state index is 13.5. The topological polar surface area (TPSA) is 86.8 Å². The SMILES string of the molecule is CC[C@@H](C(=O)NC1CCCCC1)N(Cc1ccccc1)C(=O)CCCN(c1cccc(C)c1)S(C)(=O)=O. The summed E-state index contributed by atoms with van der Waals surface area (Å²) in [6, 6.07) is 16.6. The third-order valence-electron chi connectivity index (χ3n) is 6.98. The number of nitrogens with one attached hydrogen (secondary N) is 1. The van der Waals surface area contributed by atoms with Crippen LogP contribution >= 0.6 is 0 Å². The zero-order valence-electron chi connectivity index (χ0n) is 22.4. The molecule has 0 bridgehead atoms. The molecule has 1 N–H and O–H groups in total. The lowest BCUT2D eigenvalue weighted by Crippen LogP contribution is -2.51. The second-order valence-electron chi connectivity index (χ2n) is 10.1. The van der Waals surface area contributed by atoms with Crippen LogP contribution in [0, 0.1) is 6.92 Å². The Labute approximate surface area is 222 Å². The molecule has 2 aromatic rings. The van der Waals surface area contributed by atoms with Gasteiger partial charge in [0.1, 0.15) is 6.04 Å². The van der Waals surface area contributed by atoms with Crippen molar-refractivity contribution in [1.29, 1.82) is 0 Å². The molecule has 1 aliphatic rings. The summed E-state index contributed by atoms with van der Waals surface area (Å²) in [5, 5.41) is 3.19. The summed E-state index contributed by atoms with van der Waals surface area (Å²) in [5.41, 5.74) is 2.51. The van der Waals surface area contributed by atoms with Gasteiger partial charge in [-0.3, -0.25) is 13.9 Å². The number of carbonyl (C=O) groups excluding carboxylic acids is 2. The molecule has 37 heavy (non-hydrogen) atoms. The molecule has 2 aromatic carbocycles. The third kappa shape index (κ3) is 8.59. The summed E-state index contributed by atoms with van der Waals surface area (Å²) in [6.45, 7) is 4.37. The van der Waals surface area contributed by atoms with Gasteiger partial charge < -0.3 is 10.2 Å². The number of anilines is 1. The number of amides is 2. The van der Waals surface area contributed by atoms with Crippen molar-refractivity contribution in [2.75, 3.05) is 17.1 Å². The minimum absolute atomic E-state index is 0.101. The van der Waals surface area contributed by atoms with E-state index in [1.165, 1.54) is 17.0 Å². The molecule has 1 atom stereocenters. The van der Waals surface area contributed by atoms with Gasteiger partial charge in [-0.25, -0.2) is 8.42 Å². The lowest BCUT2D eigenvalue weighted by Gasteiger charge is -2.33. The van der Waals surface area contributed by atoms with Crippen LogP contribution < -0.4 is 9.62 Å². The largest absolute Gasteiger partial charge is 0.352 e. The first kappa shape index (κ1) is 28.7. The van der Waals surface area contributed by atoms with Crippen molar-refractivity contribution in [3.63, 3.8) is 0 Å². The van der Waals surface area contributed by atoms with Crippen LogP contribution in [0.2, 0.25) is 0 Å². The van der Waals surface area contributed by atoms with Crippen molar-refractivity contribution in [1.82, 2.24) is 10.2 Å². The number of benzene rings is 2. The summed E-state index contributed by atoms with van der Waals surface area (Å²) >= 11 is 0. The maximum absolute atomic E-state index is 13.5. The van der Waals surface area contributed by atoms with Crippen molar-refractivity contribution in [3.05, 3.63) is 65.7 Å². The molecule has 3 rings (SSSR count). The number of aryl methyl sites for hydroxylation is 1. The first-order chi connectivity index (χ1) is 17.7. The van der Waals surface area contributed by atoms with E-state index in [1.807, 2.05) is 62.4 Å². The van der Waals surface area contributed by atoms with Crippen molar-refractivity contribution >= 4 is 27.5 Å². The highest BCUT2D eigenvalue weighted by Crippen LogP contribution is 2.22. The monoisotopic (exact) mass is 527 g/mol. The van der Waals surface area contributed by atoms with Gasteiger partial charge in [0.15, 0.2) is 0 Å². The Morgan fingerprint density at radius 2 is 1.73 bits per heavy atom. The molecule has 0 radical (unpaired) electrons. The molecule has 8 heteroatoms. The predicted octanol–water partition coefficient (Wildman–Crippen LogP) is 4.80. The predicted molar refractivity (Wildman–Crippen MR) is 149 cm³/mol. The highest BCUT2D eigenvalue weighted by Gasteiger charge is 2.30. The number of carbonyl (C=O) groups is 2. The third-order valence-corrected chi connectivity index (χ3v) is 8.17. The summed E-state index contributed by atoms with van der Waals surface area (Å²) in [4.78, 5) is 28.5. The Kier molecular flexibility index (Phi) is 10.6. The van der Waals surface area contributed by atoms with Gasteiger partial charge in [0.05, 0.1) is 11.9 Å². The molecule has 1 saturated carbocycles. The van der Waals surface area contributed by atoms with Crippen LogP contribution in [0.5, 0.6) is 0 Å². The van der Waals surface area contributed by atoms with E-state index in [9.17, 15) is 18.0 Å². The second kappa shape index (κ2) is 13.6. The molecule has 1 fully saturated rings. The Balaban J connectivity index is 1.73. The van der Waals surface area contributed by atoms with E-state index < -0.39 is 16.1 Å². The van der Waals surface area contributed by atoms with Gasteiger partial charge in [0, 0.05) is 25.6 Å².